The number of primary amides is 1. The van der Waals surface area contributed by atoms with E-state index in [4.69, 9.17) is 10.5 Å². The predicted octanol–water partition coefficient (Wildman–Crippen LogP) is 0.432. The Balaban J connectivity index is 1.19. The molecule has 9 nitrogen and oxygen atoms in total. The molecular formula is C24H35N3O6. The summed E-state index contributed by atoms with van der Waals surface area (Å²) in [5.74, 6) is 0.310. The third-order valence-corrected chi connectivity index (χ3v) is 8.89. The summed E-state index contributed by atoms with van der Waals surface area (Å²) in [6, 6.07) is -0.839. The van der Waals surface area contributed by atoms with Gasteiger partial charge in [-0.25, -0.2) is 4.79 Å². The zero-order valence-corrected chi connectivity index (χ0v) is 19.1. The van der Waals surface area contributed by atoms with E-state index in [2.05, 4.69) is 0 Å². The number of amides is 3. The largest absolute Gasteiger partial charge is 0.454 e. The van der Waals surface area contributed by atoms with E-state index in [0.717, 1.165) is 19.3 Å². The number of aliphatic hydroxyl groups is 1. The van der Waals surface area contributed by atoms with Crippen molar-refractivity contribution in [2.45, 2.75) is 69.9 Å². The van der Waals surface area contributed by atoms with Crippen LogP contribution in [-0.2, 0) is 23.9 Å². The van der Waals surface area contributed by atoms with Crippen LogP contribution in [0.5, 0.6) is 0 Å². The van der Waals surface area contributed by atoms with Crippen LogP contribution in [0.2, 0.25) is 0 Å². The van der Waals surface area contributed by atoms with Crippen molar-refractivity contribution in [2.24, 2.45) is 34.8 Å². The average molecular weight is 462 g/mol. The Bertz CT molecular complexity index is 801. The van der Waals surface area contributed by atoms with E-state index in [1.54, 1.807) is 9.80 Å². The quantitative estimate of drug-likeness (QED) is 0.571. The minimum atomic E-state index is -0.839. The molecule has 0 aromatic heterocycles. The summed E-state index contributed by atoms with van der Waals surface area (Å²) in [5.41, 5.74) is 4.94. The third-order valence-electron chi connectivity index (χ3n) is 8.89. The van der Waals surface area contributed by atoms with Crippen LogP contribution in [0.3, 0.4) is 0 Å². The second-order valence-corrected chi connectivity index (χ2v) is 11.2. The van der Waals surface area contributed by atoms with E-state index in [1.807, 2.05) is 0 Å². The van der Waals surface area contributed by atoms with Gasteiger partial charge in [-0.3, -0.25) is 14.4 Å². The van der Waals surface area contributed by atoms with Gasteiger partial charge in [-0.1, -0.05) is 0 Å². The van der Waals surface area contributed by atoms with E-state index < -0.39 is 30.1 Å². The zero-order valence-electron chi connectivity index (χ0n) is 19.1. The Morgan fingerprint density at radius 1 is 0.939 bits per heavy atom. The first-order valence-electron chi connectivity index (χ1n) is 12.5. The number of ether oxygens (including phenoxy) is 1. The maximum absolute atomic E-state index is 13.7. The number of piperidine rings is 1. The van der Waals surface area contributed by atoms with Gasteiger partial charge in [-0.15, -0.1) is 0 Å². The monoisotopic (exact) mass is 461 g/mol. The van der Waals surface area contributed by atoms with Gasteiger partial charge in [0.15, 0.2) is 6.61 Å². The van der Waals surface area contributed by atoms with Crippen molar-refractivity contribution < 1.29 is 29.0 Å². The highest BCUT2D eigenvalue weighted by atomic mass is 16.5. The SMILES string of the molecule is NC(=O)C1CCN(C(=O)COC(=O)[C@@H]2CC(O)CN2C(=O)C23CC4CC(CC(C4)C2)C3)CC1. The number of aliphatic hydroxyl groups excluding tert-OH is 1. The van der Waals surface area contributed by atoms with Crippen molar-refractivity contribution in [3.63, 3.8) is 0 Å². The Kier molecular flexibility index (Phi) is 5.87. The summed E-state index contributed by atoms with van der Waals surface area (Å²) < 4.78 is 5.34. The lowest BCUT2D eigenvalue weighted by atomic mass is 9.49. The van der Waals surface area contributed by atoms with Crippen molar-refractivity contribution in [1.29, 1.82) is 0 Å². The number of nitrogens with two attached hydrogens (primary N) is 1. The molecular weight excluding hydrogens is 426 g/mol. The Morgan fingerprint density at radius 2 is 1.52 bits per heavy atom. The van der Waals surface area contributed by atoms with E-state index in [9.17, 15) is 24.3 Å². The summed E-state index contributed by atoms with van der Waals surface area (Å²) in [6.07, 6.45) is 6.76. The lowest BCUT2D eigenvalue weighted by Crippen LogP contribution is -2.56. The Hall–Kier alpha value is -2.16. The van der Waals surface area contributed by atoms with Crippen LogP contribution < -0.4 is 5.73 Å². The molecule has 1 unspecified atom stereocenters. The highest BCUT2D eigenvalue weighted by Crippen LogP contribution is 2.60. The molecule has 4 aliphatic carbocycles. The van der Waals surface area contributed by atoms with Crippen LogP contribution in [-0.4, -0.2) is 77.0 Å². The molecule has 6 fully saturated rings. The first-order chi connectivity index (χ1) is 15.7. The van der Waals surface area contributed by atoms with Crippen LogP contribution in [0.4, 0.5) is 0 Å². The zero-order chi connectivity index (χ0) is 23.3. The Morgan fingerprint density at radius 3 is 2.06 bits per heavy atom. The van der Waals surface area contributed by atoms with Crippen molar-refractivity contribution >= 4 is 23.7 Å². The predicted molar refractivity (Wildman–Crippen MR) is 116 cm³/mol. The fraction of sp³-hybridized carbons (Fsp3) is 0.833. The van der Waals surface area contributed by atoms with Gasteiger partial charge < -0.3 is 25.4 Å². The summed E-state index contributed by atoms with van der Waals surface area (Å²) in [5, 5.41) is 10.3. The molecule has 0 radical (unpaired) electrons. The summed E-state index contributed by atoms with van der Waals surface area (Å²) in [4.78, 5) is 53.6. The van der Waals surface area contributed by atoms with Crippen molar-refractivity contribution in [3.8, 4) is 0 Å². The molecule has 182 valence electrons. The van der Waals surface area contributed by atoms with Gasteiger partial charge in [0.2, 0.25) is 11.8 Å². The normalized spacial score (nSPS) is 37.9. The molecule has 0 aromatic rings. The molecule has 3 amide bonds. The highest BCUT2D eigenvalue weighted by molar-refractivity contribution is 5.90. The van der Waals surface area contributed by atoms with Crippen molar-refractivity contribution in [3.05, 3.63) is 0 Å². The average Bonchev–Trinajstić information content (AvgIpc) is 3.17. The molecule has 6 rings (SSSR count). The van der Waals surface area contributed by atoms with Crippen LogP contribution in [0, 0.1) is 29.1 Å². The number of carbonyl (C=O) groups is 4. The molecule has 0 spiro atoms. The van der Waals surface area contributed by atoms with Crippen LogP contribution in [0.1, 0.15) is 57.8 Å². The van der Waals surface area contributed by atoms with Crippen molar-refractivity contribution in [1.82, 2.24) is 9.80 Å². The molecule has 4 saturated carbocycles. The number of rotatable bonds is 5. The lowest BCUT2D eigenvalue weighted by Gasteiger charge is -2.56. The minimum Gasteiger partial charge on any atom is -0.454 e. The standard InChI is InChI=1S/C24H35N3O6/c25-21(30)17-1-3-26(4-2-17)20(29)13-33-22(31)19-8-18(28)12-27(19)23(32)24-9-14-5-15(10-24)7-16(6-14)11-24/h14-19,28H,1-13H2,(H2,25,30)/t14?,15?,16?,18?,19-,24?/m0/s1. The fourth-order valence-electron chi connectivity index (χ4n) is 7.67. The summed E-state index contributed by atoms with van der Waals surface area (Å²) >= 11 is 0. The maximum atomic E-state index is 13.7. The first-order valence-corrected chi connectivity index (χ1v) is 12.5. The van der Waals surface area contributed by atoms with Gasteiger partial charge in [-0.2, -0.15) is 0 Å². The van der Waals surface area contributed by atoms with Crippen molar-refractivity contribution in [2.75, 3.05) is 26.2 Å². The van der Waals surface area contributed by atoms with Crippen LogP contribution in [0.15, 0.2) is 0 Å². The number of esters is 1. The second kappa shape index (κ2) is 8.56. The second-order valence-electron chi connectivity index (χ2n) is 11.2. The molecule has 0 aromatic carbocycles. The smallest absolute Gasteiger partial charge is 0.329 e. The molecule has 2 heterocycles. The number of hydrogen-bond donors (Lipinski definition) is 2. The topological polar surface area (TPSA) is 130 Å². The number of nitrogens with zero attached hydrogens (tertiary/aromatic N) is 2. The van der Waals surface area contributed by atoms with E-state index >= 15 is 0 Å². The van der Waals surface area contributed by atoms with Gasteiger partial charge in [0.05, 0.1) is 11.5 Å². The molecule has 2 aliphatic heterocycles. The molecule has 3 N–H and O–H groups in total. The number of carbonyl (C=O) groups excluding carboxylic acids is 4. The minimum absolute atomic E-state index is 0.0000458. The molecule has 6 aliphatic rings. The van der Waals surface area contributed by atoms with Gasteiger partial charge in [-0.05, 0) is 69.1 Å². The van der Waals surface area contributed by atoms with Gasteiger partial charge in [0.1, 0.15) is 6.04 Å². The van der Waals surface area contributed by atoms with Gasteiger partial charge >= 0.3 is 5.97 Å². The molecule has 33 heavy (non-hydrogen) atoms. The first kappa shape index (κ1) is 22.6. The highest BCUT2D eigenvalue weighted by Gasteiger charge is 2.57. The fourth-order valence-corrected chi connectivity index (χ4v) is 7.67. The van der Waals surface area contributed by atoms with E-state index in [-0.39, 0.29) is 36.6 Å². The van der Waals surface area contributed by atoms with Crippen LogP contribution >= 0.6 is 0 Å². The molecule has 2 saturated heterocycles. The number of hydrogen-bond acceptors (Lipinski definition) is 6. The molecule has 9 heteroatoms. The summed E-state index contributed by atoms with van der Waals surface area (Å²) in [6.45, 7) is 0.562. The maximum Gasteiger partial charge on any atom is 0.329 e. The van der Waals surface area contributed by atoms with Gasteiger partial charge in [0, 0.05) is 32.0 Å². The number of likely N-dealkylation sites (tertiary alicyclic amines) is 2. The lowest BCUT2D eigenvalue weighted by molar-refractivity contribution is -0.167. The van der Waals surface area contributed by atoms with Gasteiger partial charge in [0.25, 0.3) is 5.91 Å². The van der Waals surface area contributed by atoms with E-state index in [0.29, 0.717) is 43.7 Å². The molecule has 4 bridgehead atoms. The summed E-state index contributed by atoms with van der Waals surface area (Å²) in [7, 11) is 0. The van der Waals surface area contributed by atoms with E-state index in [1.165, 1.54) is 19.3 Å². The molecule has 2 atom stereocenters. The third kappa shape index (κ3) is 4.24. The van der Waals surface area contributed by atoms with Crippen LogP contribution in [0.25, 0.3) is 0 Å². The Labute approximate surface area is 194 Å². The number of β-amino-alcohol motifs (C(OH)–C–C–N with tert-alkyl or cyclic N) is 1.